The van der Waals surface area contributed by atoms with Gasteiger partial charge in [-0.1, -0.05) is 41.9 Å². The van der Waals surface area contributed by atoms with E-state index >= 15 is 0 Å². The highest BCUT2D eigenvalue weighted by Gasteiger charge is 2.25. The Bertz CT molecular complexity index is 441. The van der Waals surface area contributed by atoms with Crippen LogP contribution in [0.25, 0.3) is 0 Å². The number of benzene rings is 1. The molecule has 0 aromatic heterocycles. The van der Waals surface area contributed by atoms with Crippen LogP contribution in [-0.4, -0.2) is 41.6 Å². The normalized spacial score (nSPS) is 25.0. The van der Waals surface area contributed by atoms with E-state index in [1.807, 2.05) is 0 Å². The average molecular weight is 371 g/mol. The summed E-state index contributed by atoms with van der Waals surface area (Å²) in [6.07, 6.45) is 1.17. The fourth-order valence-electron chi connectivity index (χ4n) is 2.96. The van der Waals surface area contributed by atoms with E-state index in [2.05, 4.69) is 82.9 Å². The van der Waals surface area contributed by atoms with Crippen LogP contribution in [-0.2, 0) is 0 Å². The van der Waals surface area contributed by atoms with E-state index in [1.165, 1.54) is 35.3 Å². The van der Waals surface area contributed by atoms with E-state index in [9.17, 15) is 0 Å². The Balaban J connectivity index is 1.97. The number of nitrogens with one attached hydrogen (secondary N) is 1. The van der Waals surface area contributed by atoms with Crippen LogP contribution in [0.4, 0.5) is 0 Å². The summed E-state index contributed by atoms with van der Waals surface area (Å²) in [5.41, 5.74) is 1.39. The van der Waals surface area contributed by atoms with Crippen LogP contribution in [0.3, 0.4) is 0 Å². The molecule has 1 heterocycles. The van der Waals surface area contributed by atoms with Gasteiger partial charge in [0.05, 0.1) is 0 Å². The number of rotatable bonds is 6. The van der Waals surface area contributed by atoms with Gasteiger partial charge in [-0.15, -0.1) is 0 Å². The van der Waals surface area contributed by atoms with Crippen LogP contribution in [0.1, 0.15) is 38.8 Å². The van der Waals surface area contributed by atoms with Gasteiger partial charge in [0, 0.05) is 40.6 Å². The number of nitrogens with zero attached hydrogens (tertiary/aromatic N) is 1. The van der Waals surface area contributed by atoms with Crippen molar-refractivity contribution in [2.45, 2.75) is 44.5 Å². The molecule has 0 bridgehead atoms. The molecule has 1 fully saturated rings. The molecule has 4 heteroatoms. The minimum Gasteiger partial charge on any atom is -0.310 e. The predicted molar refractivity (Wildman–Crippen MR) is 98.1 cm³/mol. The van der Waals surface area contributed by atoms with Crippen molar-refractivity contribution in [2.24, 2.45) is 0 Å². The molecule has 3 atom stereocenters. The van der Waals surface area contributed by atoms with Gasteiger partial charge in [0.25, 0.3) is 0 Å². The minimum atomic E-state index is 0.449. The summed E-state index contributed by atoms with van der Waals surface area (Å²) >= 11 is 5.70. The molecule has 1 saturated heterocycles. The van der Waals surface area contributed by atoms with Crippen molar-refractivity contribution in [2.75, 3.05) is 25.4 Å². The summed E-state index contributed by atoms with van der Waals surface area (Å²) in [6.45, 7) is 10.3. The molecule has 0 spiro atoms. The molecule has 21 heavy (non-hydrogen) atoms. The van der Waals surface area contributed by atoms with Crippen LogP contribution in [0.5, 0.6) is 0 Å². The second-order valence-corrected chi connectivity index (χ2v) is 8.21. The summed E-state index contributed by atoms with van der Waals surface area (Å²) in [6, 6.07) is 9.84. The summed E-state index contributed by atoms with van der Waals surface area (Å²) < 4.78 is 1.17. The molecular weight excluding hydrogens is 344 g/mol. The van der Waals surface area contributed by atoms with Crippen LogP contribution in [0.2, 0.25) is 0 Å². The van der Waals surface area contributed by atoms with Crippen molar-refractivity contribution < 1.29 is 0 Å². The lowest BCUT2D eigenvalue weighted by molar-refractivity contribution is 0.202. The molecule has 3 unspecified atom stereocenters. The maximum atomic E-state index is 3.64. The maximum Gasteiger partial charge on any atom is 0.0332 e. The van der Waals surface area contributed by atoms with Crippen molar-refractivity contribution in [3.8, 4) is 0 Å². The first-order valence-corrected chi connectivity index (χ1v) is 9.80. The first-order chi connectivity index (χ1) is 10.1. The number of thioether (sulfide) groups is 1. The van der Waals surface area contributed by atoms with E-state index in [1.54, 1.807) is 0 Å². The molecule has 1 aromatic rings. The summed E-state index contributed by atoms with van der Waals surface area (Å²) in [7, 11) is 0. The lowest BCUT2D eigenvalue weighted by atomic mass is 10.0. The molecule has 0 saturated carbocycles. The fraction of sp³-hybridized carbons (Fsp3) is 0.647. The lowest BCUT2D eigenvalue weighted by Crippen LogP contribution is -2.45. The van der Waals surface area contributed by atoms with Crippen molar-refractivity contribution >= 4 is 27.7 Å². The van der Waals surface area contributed by atoms with E-state index in [-0.39, 0.29) is 0 Å². The first-order valence-electron chi connectivity index (χ1n) is 7.96. The lowest BCUT2D eigenvalue weighted by Gasteiger charge is -2.38. The van der Waals surface area contributed by atoms with E-state index < -0.39 is 0 Å². The van der Waals surface area contributed by atoms with Crippen molar-refractivity contribution in [3.05, 3.63) is 34.3 Å². The van der Waals surface area contributed by atoms with Crippen LogP contribution < -0.4 is 5.32 Å². The molecule has 0 amide bonds. The predicted octanol–water partition coefficient (Wildman–Crippen LogP) is 4.32. The van der Waals surface area contributed by atoms with Crippen LogP contribution >= 0.6 is 27.7 Å². The maximum absolute atomic E-state index is 3.64. The Kier molecular flexibility index (Phi) is 7.06. The van der Waals surface area contributed by atoms with Gasteiger partial charge in [-0.25, -0.2) is 0 Å². The Morgan fingerprint density at radius 1 is 1.43 bits per heavy atom. The zero-order valence-corrected chi connectivity index (χ0v) is 15.7. The third kappa shape index (κ3) is 4.98. The second-order valence-electron chi connectivity index (χ2n) is 5.81. The molecule has 1 aliphatic heterocycles. The highest BCUT2D eigenvalue weighted by Crippen LogP contribution is 2.26. The van der Waals surface area contributed by atoms with Gasteiger partial charge in [-0.05, 0) is 37.6 Å². The molecule has 1 N–H and O–H groups in total. The van der Waals surface area contributed by atoms with Gasteiger partial charge < -0.3 is 5.32 Å². The van der Waals surface area contributed by atoms with Crippen molar-refractivity contribution in [1.82, 2.24) is 10.2 Å². The summed E-state index contributed by atoms with van der Waals surface area (Å²) in [5.74, 6) is 1.27. The van der Waals surface area contributed by atoms with Gasteiger partial charge in [-0.2, -0.15) is 11.8 Å². The topological polar surface area (TPSA) is 15.3 Å². The molecule has 0 aliphatic carbocycles. The zero-order chi connectivity index (χ0) is 15.2. The van der Waals surface area contributed by atoms with Gasteiger partial charge in [0.1, 0.15) is 0 Å². The molecule has 118 valence electrons. The largest absolute Gasteiger partial charge is 0.310 e. The van der Waals surface area contributed by atoms with Crippen molar-refractivity contribution in [1.29, 1.82) is 0 Å². The monoisotopic (exact) mass is 370 g/mol. The van der Waals surface area contributed by atoms with Crippen LogP contribution in [0.15, 0.2) is 28.7 Å². The SMILES string of the molecule is CCNC(CCN1CCSC(C)C1C)c1cccc(Br)c1. The smallest absolute Gasteiger partial charge is 0.0332 e. The molecule has 2 rings (SSSR count). The van der Waals surface area contributed by atoms with Crippen LogP contribution in [0, 0.1) is 0 Å². The molecule has 1 aliphatic rings. The standard InChI is InChI=1S/C17H27BrN2S/c1-4-19-17(15-6-5-7-16(18)12-15)8-9-20-10-11-21-14(3)13(20)2/h5-7,12-14,17,19H,4,8-11H2,1-3H3. The van der Waals surface area contributed by atoms with Gasteiger partial charge in [0.2, 0.25) is 0 Å². The average Bonchev–Trinajstić information content (AvgIpc) is 2.47. The Labute approximate surface area is 142 Å². The first kappa shape index (κ1) is 17.3. The number of halogens is 1. The quantitative estimate of drug-likeness (QED) is 0.802. The van der Waals surface area contributed by atoms with Gasteiger partial charge in [-0.3, -0.25) is 4.90 Å². The summed E-state index contributed by atoms with van der Waals surface area (Å²) in [4.78, 5) is 2.66. The number of hydrogen-bond acceptors (Lipinski definition) is 3. The summed E-state index contributed by atoms with van der Waals surface area (Å²) in [5, 5.41) is 4.39. The fourth-order valence-corrected chi connectivity index (χ4v) is 4.54. The highest BCUT2D eigenvalue weighted by molar-refractivity contribution is 9.10. The molecule has 0 radical (unpaired) electrons. The van der Waals surface area contributed by atoms with E-state index in [0.717, 1.165) is 11.8 Å². The zero-order valence-electron chi connectivity index (χ0n) is 13.3. The third-order valence-electron chi connectivity index (χ3n) is 4.42. The molecular formula is C17H27BrN2S. The van der Waals surface area contributed by atoms with Gasteiger partial charge >= 0.3 is 0 Å². The second kappa shape index (κ2) is 8.56. The van der Waals surface area contributed by atoms with E-state index in [4.69, 9.17) is 0 Å². The highest BCUT2D eigenvalue weighted by atomic mass is 79.9. The molecule has 2 nitrogen and oxygen atoms in total. The Morgan fingerprint density at radius 3 is 2.95 bits per heavy atom. The Morgan fingerprint density at radius 2 is 2.24 bits per heavy atom. The van der Waals surface area contributed by atoms with Crippen molar-refractivity contribution in [3.63, 3.8) is 0 Å². The molecule has 1 aromatic carbocycles. The Hall–Kier alpha value is -0.0300. The number of hydrogen-bond donors (Lipinski definition) is 1. The third-order valence-corrected chi connectivity index (χ3v) is 6.25. The van der Waals surface area contributed by atoms with E-state index in [0.29, 0.717) is 12.1 Å². The minimum absolute atomic E-state index is 0.449. The van der Waals surface area contributed by atoms with Gasteiger partial charge in [0.15, 0.2) is 0 Å².